The summed E-state index contributed by atoms with van der Waals surface area (Å²) < 4.78 is 1.31. The van der Waals surface area contributed by atoms with Gasteiger partial charge < -0.3 is 5.11 Å². The van der Waals surface area contributed by atoms with Crippen LogP contribution in [0, 0.1) is 18.3 Å². The molecule has 0 fully saturated rings. The van der Waals surface area contributed by atoms with Crippen molar-refractivity contribution in [1.29, 1.82) is 5.26 Å². The van der Waals surface area contributed by atoms with Crippen LogP contribution in [0.1, 0.15) is 35.0 Å². The van der Waals surface area contributed by atoms with Crippen molar-refractivity contribution in [3.63, 3.8) is 0 Å². The zero-order chi connectivity index (χ0) is 15.1. The number of hydrogen-bond acceptors (Lipinski definition) is 5. The van der Waals surface area contributed by atoms with Crippen LogP contribution < -0.4 is 5.56 Å². The summed E-state index contributed by atoms with van der Waals surface area (Å²) in [6.07, 6.45) is 2.14. The fourth-order valence-electron chi connectivity index (χ4n) is 2.92. The van der Waals surface area contributed by atoms with Crippen molar-refractivity contribution in [3.05, 3.63) is 26.6 Å². The maximum absolute atomic E-state index is 12.6. The molecule has 2 aromatic heterocycles. The summed E-state index contributed by atoms with van der Waals surface area (Å²) in [6, 6.07) is 1.95. The van der Waals surface area contributed by atoms with Gasteiger partial charge in [-0.05, 0) is 31.7 Å². The number of hydrogen-bond donors (Lipinski definition) is 1. The van der Waals surface area contributed by atoms with Crippen molar-refractivity contribution in [1.82, 2.24) is 9.55 Å². The molecule has 0 saturated carbocycles. The quantitative estimate of drug-likeness (QED) is 0.912. The third-order valence-corrected chi connectivity index (χ3v) is 5.05. The van der Waals surface area contributed by atoms with E-state index in [-0.39, 0.29) is 12.1 Å². The fourth-order valence-corrected chi connectivity index (χ4v) is 4.23. The van der Waals surface area contributed by atoms with Gasteiger partial charge in [0.2, 0.25) is 0 Å². The number of aromatic nitrogens is 2. The van der Waals surface area contributed by atoms with Crippen molar-refractivity contribution in [2.45, 2.75) is 38.6 Å². The van der Waals surface area contributed by atoms with E-state index in [1.165, 1.54) is 15.9 Å². The summed E-state index contributed by atoms with van der Waals surface area (Å²) in [5.41, 5.74) is 0.322. The Morgan fingerprint density at radius 3 is 3.05 bits per heavy atom. The molecule has 7 heteroatoms. The highest BCUT2D eigenvalue weighted by Crippen LogP contribution is 2.40. The first-order valence-corrected chi connectivity index (χ1v) is 7.48. The summed E-state index contributed by atoms with van der Waals surface area (Å²) in [5, 5.41) is 18.6. The molecule has 1 unspecified atom stereocenters. The Hall–Kier alpha value is -2.20. The smallest absolute Gasteiger partial charge is 0.311 e. The van der Waals surface area contributed by atoms with E-state index in [2.05, 4.69) is 4.98 Å². The van der Waals surface area contributed by atoms with Gasteiger partial charge in [-0.2, -0.15) is 5.26 Å². The zero-order valence-electron chi connectivity index (χ0n) is 11.4. The van der Waals surface area contributed by atoms with Crippen LogP contribution in [0.15, 0.2) is 4.79 Å². The Morgan fingerprint density at radius 1 is 1.62 bits per heavy atom. The number of nitrogens with zero attached hydrogens (tertiary/aromatic N) is 3. The van der Waals surface area contributed by atoms with E-state index in [1.807, 2.05) is 6.07 Å². The lowest BCUT2D eigenvalue weighted by Gasteiger charge is -2.18. The van der Waals surface area contributed by atoms with Crippen LogP contribution in [0.4, 0.5) is 0 Å². The third kappa shape index (κ3) is 2.03. The normalized spacial score (nSPS) is 17.4. The molecule has 1 aliphatic carbocycles. The molecule has 1 N–H and O–H groups in total. The Kier molecular flexibility index (Phi) is 3.26. The van der Waals surface area contributed by atoms with Gasteiger partial charge in [0.25, 0.3) is 5.56 Å². The maximum atomic E-state index is 12.6. The Bertz CT molecular complexity index is 844. The Morgan fingerprint density at radius 2 is 2.38 bits per heavy atom. The van der Waals surface area contributed by atoms with Gasteiger partial charge in [0.1, 0.15) is 17.2 Å². The molecule has 108 valence electrons. The predicted octanol–water partition coefficient (Wildman–Crippen LogP) is 1.79. The lowest BCUT2D eigenvalue weighted by Crippen LogP contribution is -2.25. The summed E-state index contributed by atoms with van der Waals surface area (Å²) in [4.78, 5) is 30.0. The second kappa shape index (κ2) is 4.97. The first-order chi connectivity index (χ1) is 10.0. The summed E-state index contributed by atoms with van der Waals surface area (Å²) in [5.74, 6) is -1.06. The number of carboxylic acid groups (broad SMARTS) is 1. The topological polar surface area (TPSA) is 96.0 Å². The molecule has 0 saturated heterocycles. The number of rotatable bonds is 2. The van der Waals surface area contributed by atoms with Crippen LogP contribution in [-0.4, -0.2) is 20.6 Å². The molecule has 1 aliphatic rings. The molecule has 0 aromatic carbocycles. The van der Waals surface area contributed by atoms with E-state index in [1.54, 1.807) is 6.92 Å². The SMILES string of the molecule is Cc1nc2sc3c(c2c(=O)n1CC#N)C(C(=O)O)CCC3. The highest BCUT2D eigenvalue weighted by atomic mass is 32.1. The zero-order valence-corrected chi connectivity index (χ0v) is 12.2. The summed E-state index contributed by atoms with van der Waals surface area (Å²) in [7, 11) is 0. The van der Waals surface area contributed by atoms with Crippen molar-refractivity contribution in [3.8, 4) is 6.07 Å². The Balaban J connectivity index is 2.37. The fraction of sp³-hybridized carbons (Fsp3) is 0.429. The van der Waals surface area contributed by atoms with Crippen LogP contribution in [0.5, 0.6) is 0 Å². The average Bonchev–Trinajstić information content (AvgIpc) is 2.81. The molecule has 21 heavy (non-hydrogen) atoms. The monoisotopic (exact) mass is 303 g/mol. The van der Waals surface area contributed by atoms with E-state index >= 15 is 0 Å². The molecular formula is C14H13N3O3S. The van der Waals surface area contributed by atoms with E-state index in [4.69, 9.17) is 5.26 Å². The number of thiophene rings is 1. The molecule has 0 spiro atoms. The number of carboxylic acids is 1. The molecule has 2 aromatic rings. The molecule has 0 amide bonds. The van der Waals surface area contributed by atoms with E-state index in [0.29, 0.717) is 28.0 Å². The lowest BCUT2D eigenvalue weighted by molar-refractivity contribution is -0.139. The van der Waals surface area contributed by atoms with Crippen molar-refractivity contribution >= 4 is 27.5 Å². The molecule has 0 bridgehead atoms. The maximum Gasteiger partial charge on any atom is 0.311 e. The van der Waals surface area contributed by atoms with Crippen LogP contribution in [0.2, 0.25) is 0 Å². The second-order valence-electron chi connectivity index (χ2n) is 5.11. The molecule has 3 rings (SSSR count). The Labute approximate surface area is 124 Å². The van der Waals surface area contributed by atoms with Gasteiger partial charge in [-0.3, -0.25) is 14.2 Å². The van der Waals surface area contributed by atoms with Crippen molar-refractivity contribution in [2.75, 3.05) is 0 Å². The second-order valence-corrected chi connectivity index (χ2v) is 6.19. The number of carbonyl (C=O) groups is 1. The van der Waals surface area contributed by atoms with Crippen molar-refractivity contribution in [2.24, 2.45) is 0 Å². The minimum absolute atomic E-state index is 0.0734. The van der Waals surface area contributed by atoms with Crippen LogP contribution in [-0.2, 0) is 17.8 Å². The lowest BCUT2D eigenvalue weighted by atomic mass is 9.86. The van der Waals surface area contributed by atoms with Gasteiger partial charge in [-0.15, -0.1) is 11.3 Å². The van der Waals surface area contributed by atoms with Gasteiger partial charge in [-0.25, -0.2) is 4.98 Å². The number of nitriles is 1. The highest BCUT2D eigenvalue weighted by Gasteiger charge is 2.32. The molecule has 0 radical (unpaired) electrons. The van der Waals surface area contributed by atoms with Crippen LogP contribution in [0.25, 0.3) is 10.2 Å². The van der Waals surface area contributed by atoms with Gasteiger partial charge in [-0.1, -0.05) is 0 Å². The van der Waals surface area contributed by atoms with E-state index in [0.717, 1.165) is 17.7 Å². The first-order valence-electron chi connectivity index (χ1n) is 6.67. The molecule has 0 aliphatic heterocycles. The molecule has 1 atom stereocenters. The van der Waals surface area contributed by atoms with Gasteiger partial charge in [0.05, 0.1) is 17.4 Å². The van der Waals surface area contributed by atoms with E-state index < -0.39 is 11.9 Å². The van der Waals surface area contributed by atoms with E-state index in [9.17, 15) is 14.7 Å². The number of fused-ring (bicyclic) bond motifs is 3. The largest absolute Gasteiger partial charge is 0.481 e. The first kappa shape index (κ1) is 13.8. The van der Waals surface area contributed by atoms with Gasteiger partial charge in [0, 0.05) is 4.88 Å². The minimum atomic E-state index is -0.901. The molecular weight excluding hydrogens is 290 g/mol. The number of aliphatic carboxylic acids is 1. The standard InChI is InChI=1S/C14H13N3O3S/c1-7-16-12-11(13(18)17(7)6-5-15)10-8(14(19)20)3-2-4-9(10)21-12/h8H,2-4,6H2,1H3,(H,19,20). The van der Waals surface area contributed by atoms with Crippen LogP contribution in [0.3, 0.4) is 0 Å². The highest BCUT2D eigenvalue weighted by molar-refractivity contribution is 7.18. The average molecular weight is 303 g/mol. The minimum Gasteiger partial charge on any atom is -0.481 e. The predicted molar refractivity (Wildman–Crippen MR) is 77.5 cm³/mol. The third-order valence-electron chi connectivity index (χ3n) is 3.89. The molecule has 2 heterocycles. The summed E-state index contributed by atoms with van der Waals surface area (Å²) >= 11 is 1.41. The summed E-state index contributed by atoms with van der Waals surface area (Å²) in [6.45, 7) is 1.61. The van der Waals surface area contributed by atoms with Gasteiger partial charge >= 0.3 is 5.97 Å². The molecule has 6 nitrogen and oxygen atoms in total. The van der Waals surface area contributed by atoms with Crippen LogP contribution >= 0.6 is 11.3 Å². The van der Waals surface area contributed by atoms with Gasteiger partial charge in [0.15, 0.2) is 0 Å². The number of aryl methyl sites for hydroxylation is 2. The van der Waals surface area contributed by atoms with Crippen molar-refractivity contribution < 1.29 is 9.90 Å².